The van der Waals surface area contributed by atoms with Crippen LogP contribution < -0.4 is 9.64 Å². The van der Waals surface area contributed by atoms with Crippen LogP contribution in [0, 0.1) is 18.3 Å². The number of anilines is 1. The molecule has 12 heteroatoms. The second kappa shape index (κ2) is 12.5. The number of fused-ring (bicyclic) bond motifs is 2. The van der Waals surface area contributed by atoms with Crippen LogP contribution in [-0.4, -0.2) is 87.7 Å². The van der Waals surface area contributed by atoms with Crippen LogP contribution in [-0.2, 0) is 4.79 Å². The Morgan fingerprint density at radius 1 is 1.20 bits per heavy atom. The predicted molar refractivity (Wildman–Crippen MR) is 171 cm³/mol. The van der Waals surface area contributed by atoms with Gasteiger partial charge in [-0.3, -0.25) is 9.78 Å². The number of aromatic hydroxyl groups is 1. The molecule has 1 unspecified atom stereocenters. The Bertz CT molecular complexity index is 1860. The van der Waals surface area contributed by atoms with Gasteiger partial charge in [0.25, 0.3) is 5.91 Å². The summed E-state index contributed by atoms with van der Waals surface area (Å²) >= 11 is 6.66. The molecule has 2 fully saturated rings. The van der Waals surface area contributed by atoms with E-state index in [2.05, 4.69) is 24.6 Å². The Kier molecular flexibility index (Phi) is 8.44. The van der Waals surface area contributed by atoms with Crippen molar-refractivity contribution in [3.05, 3.63) is 59.5 Å². The van der Waals surface area contributed by atoms with Crippen molar-refractivity contribution in [2.24, 2.45) is 0 Å². The first-order valence-electron chi connectivity index (χ1n) is 14.9. The molecule has 0 aliphatic carbocycles. The van der Waals surface area contributed by atoms with E-state index in [9.17, 15) is 19.6 Å². The summed E-state index contributed by atoms with van der Waals surface area (Å²) in [5.74, 6) is -1.28. The largest absolute Gasteiger partial charge is 0.508 e. The number of aryl methyl sites for hydroxylation is 1. The van der Waals surface area contributed by atoms with E-state index < -0.39 is 17.8 Å². The molecule has 4 aromatic rings. The number of ether oxygens (including phenoxy) is 1. The van der Waals surface area contributed by atoms with E-state index in [-0.39, 0.29) is 37.3 Å². The lowest BCUT2D eigenvalue weighted by atomic mass is 9.95. The number of amides is 1. The molecule has 45 heavy (non-hydrogen) atoms. The number of likely N-dealkylation sites (tertiary alicyclic amines) is 1. The molecule has 4 heterocycles. The smallest absolute Gasteiger partial charge is 0.319 e. The number of halogens is 2. The average Bonchev–Trinajstić information content (AvgIpc) is 3.43. The second-order valence-corrected chi connectivity index (χ2v) is 12.0. The van der Waals surface area contributed by atoms with Crippen LogP contribution in [0.25, 0.3) is 32.9 Å². The molecule has 1 N–H and O–H groups in total. The number of carbonyl (C=O) groups excluding carboxylic acids is 1. The van der Waals surface area contributed by atoms with Crippen LogP contribution in [0.2, 0.25) is 5.02 Å². The fraction of sp³-hybridized carbons (Fsp3) is 0.364. The standard InChI is InChI=1S/C33H33ClFN7O3/c1-19-26(25-15-24(43)14-21-6-4-8-27(34)28(21)25)16-37-30-29(19)38-33(45-18-23-7-5-11-40(23)3)39-31(30)41-12-13-42(32(44)20(2)35)22(17-41)9-10-36/h4,6,8,14-16,22-23,43H,2,5,7,9,11-13,17-18H2,1,3H3/t22?,23-/m0/s1. The Morgan fingerprint density at radius 2 is 2.02 bits per heavy atom. The number of benzene rings is 2. The zero-order valence-electron chi connectivity index (χ0n) is 25.1. The summed E-state index contributed by atoms with van der Waals surface area (Å²) in [6, 6.07) is 10.8. The van der Waals surface area contributed by atoms with E-state index in [4.69, 9.17) is 31.3 Å². The van der Waals surface area contributed by atoms with Gasteiger partial charge in [-0.05, 0) is 68.1 Å². The van der Waals surface area contributed by atoms with Crippen LogP contribution >= 0.6 is 11.6 Å². The van der Waals surface area contributed by atoms with Crippen LogP contribution in [0.1, 0.15) is 24.8 Å². The van der Waals surface area contributed by atoms with Crippen LogP contribution in [0.5, 0.6) is 11.8 Å². The number of hydrogen-bond donors (Lipinski definition) is 1. The van der Waals surface area contributed by atoms with Gasteiger partial charge in [-0.1, -0.05) is 30.3 Å². The maximum atomic E-state index is 13.8. The number of aromatic nitrogens is 3. The van der Waals surface area contributed by atoms with Crippen molar-refractivity contribution in [3.63, 3.8) is 0 Å². The van der Waals surface area contributed by atoms with Gasteiger partial charge >= 0.3 is 6.01 Å². The van der Waals surface area contributed by atoms with Crippen LogP contribution in [0.4, 0.5) is 10.2 Å². The van der Waals surface area contributed by atoms with Gasteiger partial charge in [-0.15, -0.1) is 0 Å². The third-order valence-electron chi connectivity index (χ3n) is 8.81. The van der Waals surface area contributed by atoms with Crippen molar-refractivity contribution >= 4 is 45.1 Å². The molecule has 2 aromatic heterocycles. The van der Waals surface area contributed by atoms with Crippen molar-refractivity contribution in [1.82, 2.24) is 24.8 Å². The zero-order chi connectivity index (χ0) is 31.8. The van der Waals surface area contributed by atoms with Crippen LogP contribution in [0.15, 0.2) is 48.9 Å². The predicted octanol–water partition coefficient (Wildman–Crippen LogP) is 5.40. The minimum absolute atomic E-state index is 0.0118. The average molecular weight is 630 g/mol. The maximum Gasteiger partial charge on any atom is 0.319 e. The highest BCUT2D eigenvalue weighted by Crippen LogP contribution is 2.40. The number of hydrogen-bond acceptors (Lipinski definition) is 9. The van der Waals surface area contributed by atoms with E-state index >= 15 is 0 Å². The summed E-state index contributed by atoms with van der Waals surface area (Å²) in [4.78, 5) is 32.5. The summed E-state index contributed by atoms with van der Waals surface area (Å²) in [5, 5.41) is 22.2. The summed E-state index contributed by atoms with van der Waals surface area (Å²) in [5.41, 5.74) is 3.31. The lowest BCUT2D eigenvalue weighted by Crippen LogP contribution is -2.55. The van der Waals surface area contributed by atoms with E-state index in [0.717, 1.165) is 41.3 Å². The molecule has 2 aliphatic heterocycles. The number of carbonyl (C=O) groups is 1. The number of piperazine rings is 1. The number of nitriles is 1. The molecule has 0 saturated carbocycles. The molecule has 0 radical (unpaired) electrons. The Hall–Kier alpha value is -4.53. The van der Waals surface area contributed by atoms with Gasteiger partial charge in [0.1, 0.15) is 23.4 Å². The Labute approximate surface area is 265 Å². The third-order valence-corrected chi connectivity index (χ3v) is 9.12. The molecule has 2 aliphatic rings. The van der Waals surface area contributed by atoms with Gasteiger partial charge in [-0.25, -0.2) is 4.39 Å². The van der Waals surface area contributed by atoms with Gasteiger partial charge in [0.05, 0.1) is 18.5 Å². The SMILES string of the molecule is C=C(F)C(=O)N1CCN(c2nc(OC[C@@H]3CCCN3C)nc3c(C)c(-c4cc(O)cc5cccc(Cl)c45)cnc23)CC1CC#N. The van der Waals surface area contributed by atoms with Gasteiger partial charge in [0.2, 0.25) is 0 Å². The van der Waals surface area contributed by atoms with Crippen molar-refractivity contribution < 1.29 is 19.0 Å². The minimum atomic E-state index is -1.06. The number of likely N-dealkylation sites (N-methyl/N-ethyl adjacent to an activating group) is 1. The van der Waals surface area contributed by atoms with E-state index in [0.29, 0.717) is 40.6 Å². The lowest BCUT2D eigenvalue weighted by Gasteiger charge is -2.41. The summed E-state index contributed by atoms with van der Waals surface area (Å²) in [6.45, 7) is 7.24. The second-order valence-electron chi connectivity index (χ2n) is 11.6. The highest BCUT2D eigenvalue weighted by Gasteiger charge is 2.34. The summed E-state index contributed by atoms with van der Waals surface area (Å²) in [7, 11) is 2.07. The first-order chi connectivity index (χ1) is 21.7. The Balaban J connectivity index is 1.47. The van der Waals surface area contributed by atoms with Crippen molar-refractivity contribution in [3.8, 4) is 29.0 Å². The normalized spacial score (nSPS) is 18.8. The fourth-order valence-corrected chi connectivity index (χ4v) is 6.69. The number of rotatable bonds is 7. The molecule has 2 aromatic carbocycles. The highest BCUT2D eigenvalue weighted by atomic mass is 35.5. The number of nitrogens with zero attached hydrogens (tertiary/aromatic N) is 7. The van der Waals surface area contributed by atoms with Crippen molar-refractivity contribution in [2.75, 3.05) is 44.7 Å². The molecule has 2 saturated heterocycles. The number of phenols is 1. The van der Waals surface area contributed by atoms with Crippen molar-refractivity contribution in [1.29, 1.82) is 5.26 Å². The zero-order valence-corrected chi connectivity index (χ0v) is 25.9. The van der Waals surface area contributed by atoms with Crippen LogP contribution in [0.3, 0.4) is 0 Å². The molecule has 0 spiro atoms. The molecule has 10 nitrogen and oxygen atoms in total. The van der Waals surface area contributed by atoms with Gasteiger partial charge < -0.3 is 24.5 Å². The summed E-state index contributed by atoms with van der Waals surface area (Å²) in [6.07, 6.45) is 3.84. The first kappa shape index (κ1) is 30.5. The number of phenolic OH excluding ortho intramolecular Hbond substituents is 1. The molecule has 2 atom stereocenters. The molecular formula is C33H33ClFN7O3. The fourth-order valence-electron chi connectivity index (χ4n) is 6.40. The lowest BCUT2D eigenvalue weighted by molar-refractivity contribution is -0.131. The monoisotopic (exact) mass is 629 g/mol. The third kappa shape index (κ3) is 5.83. The van der Waals surface area contributed by atoms with E-state index in [1.165, 1.54) is 4.90 Å². The summed E-state index contributed by atoms with van der Waals surface area (Å²) < 4.78 is 20.0. The van der Waals surface area contributed by atoms with Gasteiger partial charge in [-0.2, -0.15) is 15.2 Å². The topological polar surface area (TPSA) is 119 Å². The molecule has 0 bridgehead atoms. The number of pyridine rings is 1. The van der Waals surface area contributed by atoms with E-state index in [1.54, 1.807) is 24.4 Å². The highest BCUT2D eigenvalue weighted by molar-refractivity contribution is 6.36. The maximum absolute atomic E-state index is 13.8. The van der Waals surface area contributed by atoms with E-state index in [1.807, 2.05) is 24.0 Å². The van der Waals surface area contributed by atoms with Gasteiger partial charge in [0, 0.05) is 47.8 Å². The first-order valence-corrected chi connectivity index (χ1v) is 15.2. The Morgan fingerprint density at radius 3 is 2.76 bits per heavy atom. The van der Waals surface area contributed by atoms with Gasteiger partial charge in [0.15, 0.2) is 11.6 Å². The van der Waals surface area contributed by atoms with Crippen molar-refractivity contribution in [2.45, 2.75) is 38.3 Å². The quantitative estimate of drug-likeness (QED) is 0.268. The molecule has 232 valence electrons. The molecule has 6 rings (SSSR count). The minimum Gasteiger partial charge on any atom is -0.508 e. The molecule has 1 amide bonds. The molecular weight excluding hydrogens is 597 g/mol.